The van der Waals surface area contributed by atoms with Gasteiger partial charge in [0.25, 0.3) is 0 Å². The Labute approximate surface area is 112 Å². The van der Waals surface area contributed by atoms with E-state index in [4.69, 9.17) is 11.6 Å². The van der Waals surface area contributed by atoms with Gasteiger partial charge in [0.05, 0.1) is 16.8 Å². The van der Waals surface area contributed by atoms with E-state index >= 15 is 0 Å². The van der Waals surface area contributed by atoms with Crippen LogP contribution in [0.1, 0.15) is 25.5 Å². The van der Waals surface area contributed by atoms with Crippen molar-refractivity contribution in [2.24, 2.45) is 5.41 Å². The zero-order valence-corrected chi connectivity index (χ0v) is 11.5. The molecule has 0 saturated carbocycles. The van der Waals surface area contributed by atoms with E-state index in [1.807, 2.05) is 6.92 Å². The highest BCUT2D eigenvalue weighted by Gasteiger charge is 2.39. The summed E-state index contributed by atoms with van der Waals surface area (Å²) in [7, 11) is 0. The fourth-order valence-electron chi connectivity index (χ4n) is 2.32. The molecule has 0 aromatic carbocycles. The van der Waals surface area contributed by atoms with Gasteiger partial charge in [-0.2, -0.15) is 0 Å². The number of hydrogen-bond donors (Lipinski definition) is 2. The Morgan fingerprint density at radius 3 is 2.94 bits per heavy atom. The lowest BCUT2D eigenvalue weighted by Gasteiger charge is -2.25. The molecule has 4 nitrogen and oxygen atoms in total. The molecule has 0 spiro atoms. The van der Waals surface area contributed by atoms with Crippen LogP contribution in [0.3, 0.4) is 0 Å². The number of nitrogens with one attached hydrogen (secondary N) is 2. The van der Waals surface area contributed by atoms with Crippen molar-refractivity contribution in [3.63, 3.8) is 0 Å². The van der Waals surface area contributed by atoms with Crippen LogP contribution in [0, 0.1) is 12.3 Å². The molecule has 1 saturated heterocycles. The smallest absolute Gasteiger partial charge is 0.231 e. The normalized spacial score (nSPS) is 23.1. The van der Waals surface area contributed by atoms with Crippen LogP contribution in [0.15, 0.2) is 12.1 Å². The van der Waals surface area contributed by atoms with Gasteiger partial charge in [0, 0.05) is 6.54 Å². The van der Waals surface area contributed by atoms with Crippen LogP contribution in [0.2, 0.25) is 5.15 Å². The highest BCUT2D eigenvalue weighted by molar-refractivity contribution is 6.29. The molecule has 0 aliphatic carbocycles. The number of rotatable bonds is 3. The van der Waals surface area contributed by atoms with Gasteiger partial charge in [-0.1, -0.05) is 18.5 Å². The standard InChI is InChI=1S/C13H18ClN3O/c1-3-13(6-7-15-8-13)12(18)17-10-4-5-11(14)16-9(10)2/h4-5,15H,3,6-8H2,1-2H3,(H,17,18). The van der Waals surface area contributed by atoms with Gasteiger partial charge < -0.3 is 10.6 Å². The summed E-state index contributed by atoms with van der Waals surface area (Å²) in [6.07, 6.45) is 1.72. The molecule has 5 heteroatoms. The average Bonchev–Trinajstić information content (AvgIpc) is 2.82. The molecular formula is C13H18ClN3O. The van der Waals surface area contributed by atoms with Gasteiger partial charge in [0.2, 0.25) is 5.91 Å². The van der Waals surface area contributed by atoms with Gasteiger partial charge in [0.1, 0.15) is 5.15 Å². The topological polar surface area (TPSA) is 54.0 Å². The van der Waals surface area contributed by atoms with Crippen molar-refractivity contribution in [3.8, 4) is 0 Å². The minimum atomic E-state index is -0.286. The number of anilines is 1. The van der Waals surface area contributed by atoms with E-state index in [-0.39, 0.29) is 11.3 Å². The second kappa shape index (κ2) is 5.24. The van der Waals surface area contributed by atoms with E-state index in [2.05, 4.69) is 22.5 Å². The van der Waals surface area contributed by atoms with Crippen LogP contribution in [0.4, 0.5) is 5.69 Å². The number of halogens is 1. The Hall–Kier alpha value is -1.13. The summed E-state index contributed by atoms with van der Waals surface area (Å²) in [6.45, 7) is 5.54. The first kappa shape index (κ1) is 13.3. The van der Waals surface area contributed by atoms with Crippen LogP contribution in [-0.4, -0.2) is 24.0 Å². The zero-order chi connectivity index (χ0) is 13.2. The van der Waals surface area contributed by atoms with Crippen molar-refractivity contribution < 1.29 is 4.79 Å². The van der Waals surface area contributed by atoms with Crippen LogP contribution >= 0.6 is 11.6 Å². The molecule has 1 aromatic heterocycles. The number of hydrogen-bond acceptors (Lipinski definition) is 3. The number of carbonyl (C=O) groups excluding carboxylic acids is 1. The molecule has 0 radical (unpaired) electrons. The Morgan fingerprint density at radius 2 is 2.39 bits per heavy atom. The summed E-state index contributed by atoms with van der Waals surface area (Å²) in [5.41, 5.74) is 1.20. The maximum absolute atomic E-state index is 12.4. The second-order valence-corrected chi connectivity index (χ2v) is 5.17. The molecule has 18 heavy (non-hydrogen) atoms. The van der Waals surface area contributed by atoms with Crippen molar-refractivity contribution in [3.05, 3.63) is 23.0 Å². The number of pyridine rings is 1. The fourth-order valence-corrected chi connectivity index (χ4v) is 2.51. The average molecular weight is 268 g/mol. The quantitative estimate of drug-likeness (QED) is 0.827. The van der Waals surface area contributed by atoms with Crippen molar-refractivity contribution in [1.82, 2.24) is 10.3 Å². The first-order valence-corrected chi connectivity index (χ1v) is 6.60. The fraction of sp³-hybridized carbons (Fsp3) is 0.538. The molecule has 1 aliphatic heterocycles. The lowest BCUT2D eigenvalue weighted by atomic mass is 9.83. The lowest BCUT2D eigenvalue weighted by Crippen LogP contribution is -2.37. The third-order valence-corrected chi connectivity index (χ3v) is 3.91. The number of aryl methyl sites for hydroxylation is 1. The summed E-state index contributed by atoms with van der Waals surface area (Å²) in [6, 6.07) is 3.49. The van der Waals surface area contributed by atoms with E-state index in [0.717, 1.165) is 37.3 Å². The van der Waals surface area contributed by atoms with Crippen LogP contribution in [0.25, 0.3) is 0 Å². The molecular weight excluding hydrogens is 250 g/mol. The third kappa shape index (κ3) is 2.49. The molecule has 1 amide bonds. The highest BCUT2D eigenvalue weighted by Crippen LogP contribution is 2.31. The van der Waals surface area contributed by atoms with Crippen LogP contribution in [0.5, 0.6) is 0 Å². The third-order valence-electron chi connectivity index (χ3n) is 3.70. The molecule has 0 bridgehead atoms. The first-order valence-electron chi connectivity index (χ1n) is 6.23. The number of carbonyl (C=O) groups is 1. The molecule has 2 heterocycles. The van der Waals surface area contributed by atoms with E-state index in [0.29, 0.717) is 5.15 Å². The predicted octanol–water partition coefficient (Wildman–Crippen LogP) is 2.37. The van der Waals surface area contributed by atoms with Crippen molar-refractivity contribution >= 4 is 23.2 Å². The molecule has 2 rings (SSSR count). The first-order chi connectivity index (χ1) is 8.57. The largest absolute Gasteiger partial charge is 0.324 e. The van der Waals surface area contributed by atoms with Crippen molar-refractivity contribution in [1.29, 1.82) is 0 Å². The predicted molar refractivity (Wildman–Crippen MR) is 72.8 cm³/mol. The maximum Gasteiger partial charge on any atom is 0.231 e. The molecule has 1 atom stereocenters. The molecule has 1 aliphatic rings. The van der Waals surface area contributed by atoms with Crippen LogP contribution in [-0.2, 0) is 4.79 Å². The van der Waals surface area contributed by atoms with E-state index in [1.165, 1.54) is 0 Å². The highest BCUT2D eigenvalue weighted by atomic mass is 35.5. The molecule has 1 unspecified atom stereocenters. The Kier molecular flexibility index (Phi) is 3.88. The second-order valence-electron chi connectivity index (χ2n) is 4.78. The van der Waals surface area contributed by atoms with E-state index < -0.39 is 0 Å². The van der Waals surface area contributed by atoms with E-state index in [1.54, 1.807) is 12.1 Å². The number of aromatic nitrogens is 1. The Balaban J connectivity index is 2.15. The van der Waals surface area contributed by atoms with Crippen molar-refractivity contribution in [2.45, 2.75) is 26.7 Å². The van der Waals surface area contributed by atoms with E-state index in [9.17, 15) is 4.79 Å². The monoisotopic (exact) mass is 267 g/mol. The summed E-state index contributed by atoms with van der Waals surface area (Å²) in [5, 5.41) is 6.67. The van der Waals surface area contributed by atoms with Gasteiger partial charge in [-0.3, -0.25) is 4.79 Å². The minimum absolute atomic E-state index is 0.0715. The minimum Gasteiger partial charge on any atom is -0.324 e. The Morgan fingerprint density at radius 1 is 1.61 bits per heavy atom. The summed E-state index contributed by atoms with van der Waals surface area (Å²) >= 11 is 5.80. The van der Waals surface area contributed by atoms with Gasteiger partial charge in [-0.05, 0) is 38.4 Å². The van der Waals surface area contributed by atoms with Gasteiger partial charge in [-0.25, -0.2) is 4.98 Å². The molecule has 1 fully saturated rings. The van der Waals surface area contributed by atoms with Gasteiger partial charge >= 0.3 is 0 Å². The Bertz CT molecular complexity index is 456. The molecule has 2 N–H and O–H groups in total. The molecule has 98 valence electrons. The lowest BCUT2D eigenvalue weighted by molar-refractivity contribution is -0.124. The summed E-state index contributed by atoms with van der Waals surface area (Å²) < 4.78 is 0. The summed E-state index contributed by atoms with van der Waals surface area (Å²) in [5.74, 6) is 0.0715. The number of nitrogens with zero attached hydrogens (tertiary/aromatic N) is 1. The molecule has 1 aromatic rings. The summed E-state index contributed by atoms with van der Waals surface area (Å²) in [4.78, 5) is 16.5. The SMILES string of the molecule is CCC1(C(=O)Nc2ccc(Cl)nc2C)CCNC1. The van der Waals surface area contributed by atoms with Gasteiger partial charge in [0.15, 0.2) is 0 Å². The van der Waals surface area contributed by atoms with Gasteiger partial charge in [-0.15, -0.1) is 0 Å². The number of amides is 1. The zero-order valence-electron chi connectivity index (χ0n) is 10.7. The van der Waals surface area contributed by atoms with Crippen LogP contribution < -0.4 is 10.6 Å². The van der Waals surface area contributed by atoms with Crippen molar-refractivity contribution in [2.75, 3.05) is 18.4 Å². The maximum atomic E-state index is 12.4.